The van der Waals surface area contributed by atoms with Gasteiger partial charge in [0.15, 0.2) is 0 Å². The smallest absolute Gasteiger partial charge is 0.266 e. The number of hydrogen-bond donors (Lipinski definition) is 0. The van der Waals surface area contributed by atoms with E-state index in [-0.39, 0.29) is 4.90 Å². The second-order valence-electron chi connectivity index (χ2n) is 8.46. The first kappa shape index (κ1) is 21.4. The van der Waals surface area contributed by atoms with Crippen molar-refractivity contribution in [3.05, 3.63) is 125 Å². The van der Waals surface area contributed by atoms with Crippen molar-refractivity contribution in [2.75, 3.05) is 9.21 Å². The molecule has 2 aliphatic rings. The van der Waals surface area contributed by atoms with Crippen LogP contribution < -0.4 is 9.21 Å². The summed E-state index contributed by atoms with van der Waals surface area (Å²) in [6.45, 7) is 1.96. The van der Waals surface area contributed by atoms with Gasteiger partial charge in [-0.1, -0.05) is 84.4 Å². The van der Waals surface area contributed by atoms with Gasteiger partial charge in [0.25, 0.3) is 10.0 Å². The normalized spacial score (nSPS) is 16.8. The number of aryl methyl sites for hydroxylation is 1. The maximum atomic E-state index is 14.2. The summed E-state index contributed by atoms with van der Waals surface area (Å²) in [5.74, 6) is 0. The first-order valence-corrected chi connectivity index (χ1v) is 13.5. The minimum absolute atomic E-state index is 0.290. The summed E-state index contributed by atoms with van der Waals surface area (Å²) in [5.41, 5.74) is 6.68. The van der Waals surface area contributed by atoms with Crippen molar-refractivity contribution in [3.8, 4) is 0 Å². The Kier molecular flexibility index (Phi) is 5.04. The van der Waals surface area contributed by atoms with Crippen LogP contribution >= 0.6 is 22.6 Å². The van der Waals surface area contributed by atoms with Crippen molar-refractivity contribution in [3.63, 3.8) is 0 Å². The van der Waals surface area contributed by atoms with Crippen LogP contribution in [0.25, 0.3) is 9.28 Å². The van der Waals surface area contributed by atoms with Crippen molar-refractivity contribution < 1.29 is 8.42 Å². The second-order valence-corrected chi connectivity index (χ2v) is 11.4. The van der Waals surface area contributed by atoms with Crippen molar-refractivity contribution in [1.29, 1.82) is 0 Å². The number of hydrogen-bond acceptors (Lipinski definition) is 3. The Balaban J connectivity index is 1.66. The number of nitrogens with zero attached hydrogens (tertiary/aromatic N) is 2. The molecule has 1 atom stereocenters. The Morgan fingerprint density at radius 1 is 0.735 bits per heavy atom. The maximum Gasteiger partial charge on any atom is 0.266 e. The standard InChI is InChI=1S/C28H21IN2O2S/c1-19-15-17-21(18-16-19)34(32,33)31-25-14-8-7-13-24(25)30-27(20-9-3-2-4-10-20)26(29)22-11-5-6-12-23(22)28(30)31/h2-18,28H,1H3. The van der Waals surface area contributed by atoms with Gasteiger partial charge in [-0.05, 0) is 64.9 Å². The molecule has 0 aliphatic carbocycles. The number of anilines is 2. The molecule has 0 amide bonds. The second kappa shape index (κ2) is 7.99. The fourth-order valence-electron chi connectivity index (χ4n) is 4.83. The highest BCUT2D eigenvalue weighted by atomic mass is 127. The molecule has 0 aromatic heterocycles. The number of rotatable bonds is 3. The molecule has 0 N–H and O–H groups in total. The molecule has 0 saturated carbocycles. The molecule has 1 unspecified atom stereocenters. The number of benzene rings is 4. The van der Waals surface area contributed by atoms with E-state index in [0.29, 0.717) is 5.69 Å². The van der Waals surface area contributed by atoms with E-state index in [9.17, 15) is 8.42 Å². The highest BCUT2D eigenvalue weighted by Gasteiger charge is 2.48. The Morgan fingerprint density at radius 2 is 1.35 bits per heavy atom. The largest absolute Gasteiger partial charge is 0.312 e. The molecule has 0 saturated heterocycles. The SMILES string of the molecule is Cc1ccc(S(=O)(=O)N2c3ccccc3N3C(c4ccccc4)=C(I)c4ccccc4C32)cc1. The Bertz CT molecular complexity index is 1550. The quantitative estimate of drug-likeness (QED) is 0.247. The predicted octanol–water partition coefficient (Wildman–Crippen LogP) is 6.98. The molecule has 6 heteroatoms. The van der Waals surface area contributed by atoms with Gasteiger partial charge in [-0.2, -0.15) is 0 Å². The molecule has 4 aromatic carbocycles. The zero-order valence-electron chi connectivity index (χ0n) is 18.4. The minimum Gasteiger partial charge on any atom is -0.312 e. The highest BCUT2D eigenvalue weighted by Crippen LogP contribution is 2.57. The lowest BCUT2D eigenvalue weighted by Gasteiger charge is -2.39. The molecule has 6 rings (SSSR count). The average molecular weight is 576 g/mol. The molecule has 0 fully saturated rings. The van der Waals surface area contributed by atoms with Gasteiger partial charge in [-0.3, -0.25) is 0 Å². The fourth-order valence-corrected chi connectivity index (χ4v) is 7.49. The first-order chi connectivity index (χ1) is 16.5. The van der Waals surface area contributed by atoms with Crippen LogP contribution in [0.2, 0.25) is 0 Å². The third-order valence-corrected chi connectivity index (χ3v) is 9.27. The van der Waals surface area contributed by atoms with E-state index in [4.69, 9.17) is 0 Å². The summed E-state index contributed by atoms with van der Waals surface area (Å²) in [4.78, 5) is 2.47. The predicted molar refractivity (Wildman–Crippen MR) is 146 cm³/mol. The lowest BCUT2D eigenvalue weighted by molar-refractivity contribution is 0.582. The van der Waals surface area contributed by atoms with Crippen LogP contribution in [0.5, 0.6) is 0 Å². The lowest BCUT2D eigenvalue weighted by atomic mass is 9.96. The van der Waals surface area contributed by atoms with Gasteiger partial charge in [-0.15, -0.1) is 0 Å². The van der Waals surface area contributed by atoms with Crippen LogP contribution in [0.1, 0.15) is 28.4 Å². The van der Waals surface area contributed by atoms with E-state index < -0.39 is 16.2 Å². The molecular weight excluding hydrogens is 555 g/mol. The molecule has 0 bridgehead atoms. The molecule has 0 spiro atoms. The lowest BCUT2D eigenvalue weighted by Crippen LogP contribution is -2.41. The molecule has 4 aromatic rings. The van der Waals surface area contributed by atoms with Crippen molar-refractivity contribution in [2.24, 2.45) is 0 Å². The molecule has 2 heterocycles. The Labute approximate surface area is 213 Å². The van der Waals surface area contributed by atoms with Gasteiger partial charge in [0, 0.05) is 9.14 Å². The van der Waals surface area contributed by atoms with E-state index in [1.807, 2.05) is 79.7 Å². The molecule has 2 aliphatic heterocycles. The summed E-state index contributed by atoms with van der Waals surface area (Å²) in [6, 6.07) is 33.2. The van der Waals surface area contributed by atoms with E-state index in [2.05, 4.69) is 45.7 Å². The zero-order valence-corrected chi connectivity index (χ0v) is 21.4. The van der Waals surface area contributed by atoms with Crippen molar-refractivity contribution in [2.45, 2.75) is 18.0 Å². The van der Waals surface area contributed by atoms with Crippen LogP contribution in [-0.4, -0.2) is 8.42 Å². The van der Waals surface area contributed by atoms with Crippen LogP contribution in [0.3, 0.4) is 0 Å². The topological polar surface area (TPSA) is 40.6 Å². The summed E-state index contributed by atoms with van der Waals surface area (Å²) in [6.07, 6.45) is -0.520. The van der Waals surface area contributed by atoms with Gasteiger partial charge >= 0.3 is 0 Å². The van der Waals surface area contributed by atoms with Crippen molar-refractivity contribution in [1.82, 2.24) is 0 Å². The summed E-state index contributed by atoms with van der Waals surface area (Å²) in [7, 11) is -3.84. The number of fused-ring (bicyclic) bond motifs is 5. The van der Waals surface area contributed by atoms with Crippen LogP contribution in [0, 0.1) is 6.92 Å². The fraction of sp³-hybridized carbons (Fsp3) is 0.0714. The van der Waals surface area contributed by atoms with Gasteiger partial charge in [0.2, 0.25) is 0 Å². The van der Waals surface area contributed by atoms with Crippen LogP contribution in [0.15, 0.2) is 108 Å². The van der Waals surface area contributed by atoms with Gasteiger partial charge < -0.3 is 4.90 Å². The van der Waals surface area contributed by atoms with Gasteiger partial charge in [0.1, 0.15) is 6.17 Å². The average Bonchev–Trinajstić information content (AvgIpc) is 3.21. The van der Waals surface area contributed by atoms with Gasteiger partial charge in [0.05, 0.1) is 22.0 Å². The summed E-state index contributed by atoms with van der Waals surface area (Å²) >= 11 is 2.40. The van der Waals surface area contributed by atoms with E-state index >= 15 is 0 Å². The van der Waals surface area contributed by atoms with Crippen LogP contribution in [0.4, 0.5) is 11.4 Å². The molecule has 168 valence electrons. The Morgan fingerprint density at radius 3 is 2.09 bits per heavy atom. The third kappa shape index (κ3) is 3.12. The minimum atomic E-state index is -3.84. The molecule has 34 heavy (non-hydrogen) atoms. The summed E-state index contributed by atoms with van der Waals surface area (Å²) in [5, 5.41) is 0. The molecular formula is C28H21IN2O2S. The zero-order chi connectivity index (χ0) is 23.4. The van der Waals surface area contributed by atoms with Gasteiger partial charge in [-0.25, -0.2) is 12.7 Å². The third-order valence-electron chi connectivity index (χ3n) is 6.39. The molecule has 0 radical (unpaired) electrons. The van der Waals surface area contributed by atoms with E-state index in [0.717, 1.165) is 37.2 Å². The Hall–Kier alpha value is -3.10. The van der Waals surface area contributed by atoms with Crippen LogP contribution in [-0.2, 0) is 10.0 Å². The first-order valence-electron chi connectivity index (χ1n) is 11.0. The monoisotopic (exact) mass is 576 g/mol. The number of para-hydroxylation sites is 2. The van der Waals surface area contributed by atoms with E-state index in [1.54, 1.807) is 16.4 Å². The summed E-state index contributed by atoms with van der Waals surface area (Å²) < 4.78 is 31.1. The molecule has 4 nitrogen and oxygen atoms in total. The van der Waals surface area contributed by atoms with E-state index in [1.165, 1.54) is 0 Å². The number of sulfonamides is 1. The maximum absolute atomic E-state index is 14.2. The highest BCUT2D eigenvalue weighted by molar-refractivity contribution is 14.1. The van der Waals surface area contributed by atoms with Crippen molar-refractivity contribution >= 4 is 53.3 Å². The number of halogens is 1.